The lowest BCUT2D eigenvalue weighted by Gasteiger charge is -2.13. The molecule has 0 aromatic rings. The summed E-state index contributed by atoms with van der Waals surface area (Å²) < 4.78 is 0. The summed E-state index contributed by atoms with van der Waals surface area (Å²) in [6.07, 6.45) is 8.64. The first-order valence-corrected chi connectivity index (χ1v) is 6.04. The van der Waals surface area contributed by atoms with Gasteiger partial charge in [0, 0.05) is 6.54 Å². The van der Waals surface area contributed by atoms with Crippen LogP contribution in [0.5, 0.6) is 0 Å². The van der Waals surface area contributed by atoms with Crippen molar-refractivity contribution in [1.29, 1.82) is 0 Å². The van der Waals surface area contributed by atoms with Crippen molar-refractivity contribution in [3.63, 3.8) is 0 Å². The number of nitrogens with two attached hydrogens (primary N) is 1. The summed E-state index contributed by atoms with van der Waals surface area (Å²) in [7, 11) is 0. The maximum atomic E-state index is 5.72. The van der Waals surface area contributed by atoms with E-state index in [-0.39, 0.29) is 0 Å². The Morgan fingerprint density at radius 3 is 3.00 bits per heavy atom. The molecule has 3 nitrogen and oxygen atoms in total. The maximum absolute atomic E-state index is 5.72. The number of guanidine groups is 1. The minimum Gasteiger partial charge on any atom is -0.370 e. The van der Waals surface area contributed by atoms with Gasteiger partial charge in [-0.1, -0.05) is 23.8 Å². The zero-order valence-electron chi connectivity index (χ0n) is 10.3. The predicted molar refractivity (Wildman–Crippen MR) is 70.5 cm³/mol. The molecule has 90 valence electrons. The number of aliphatic imine (C=N–C) groups is 1. The summed E-state index contributed by atoms with van der Waals surface area (Å²) in [6, 6.07) is 0. The lowest BCUT2D eigenvalue weighted by molar-refractivity contribution is 0.668. The monoisotopic (exact) mass is 221 g/mol. The third-order valence-electron chi connectivity index (χ3n) is 2.66. The summed E-state index contributed by atoms with van der Waals surface area (Å²) in [4.78, 5) is 4.17. The zero-order chi connectivity index (χ0) is 11.8. The van der Waals surface area contributed by atoms with E-state index in [4.69, 9.17) is 5.73 Å². The largest absolute Gasteiger partial charge is 0.370 e. The fraction of sp³-hybridized carbons (Fsp3) is 0.615. The molecule has 3 heteroatoms. The highest BCUT2D eigenvalue weighted by molar-refractivity contribution is 5.77. The molecule has 0 aromatic heterocycles. The average Bonchev–Trinajstić information content (AvgIpc) is 2.28. The molecular weight excluding hydrogens is 198 g/mol. The van der Waals surface area contributed by atoms with E-state index in [1.54, 1.807) is 5.57 Å². The number of allylic oxidation sites excluding steroid dienone is 1. The fourth-order valence-corrected chi connectivity index (χ4v) is 1.76. The van der Waals surface area contributed by atoms with Crippen molar-refractivity contribution in [3.8, 4) is 0 Å². The molecule has 0 amide bonds. The van der Waals surface area contributed by atoms with Crippen molar-refractivity contribution >= 4 is 5.96 Å². The van der Waals surface area contributed by atoms with Crippen LogP contribution >= 0.6 is 0 Å². The Hall–Kier alpha value is -1.25. The van der Waals surface area contributed by atoms with Gasteiger partial charge in [0.25, 0.3) is 0 Å². The SMILES string of the molecule is C=C(C)CN=C(N)NCCC1=CCCCC1. The number of nitrogens with zero attached hydrogens (tertiary/aromatic N) is 1. The van der Waals surface area contributed by atoms with Crippen molar-refractivity contribution in [1.82, 2.24) is 5.32 Å². The summed E-state index contributed by atoms with van der Waals surface area (Å²) in [5, 5.41) is 3.13. The standard InChI is InChI=1S/C13H23N3/c1-11(2)10-16-13(14)15-9-8-12-6-4-3-5-7-12/h6H,1,3-5,7-10H2,2H3,(H3,14,15,16). The lowest BCUT2D eigenvalue weighted by atomic mass is 9.97. The summed E-state index contributed by atoms with van der Waals surface area (Å²) in [6.45, 7) is 7.23. The van der Waals surface area contributed by atoms with Gasteiger partial charge in [-0.15, -0.1) is 0 Å². The molecule has 0 unspecified atom stereocenters. The molecule has 1 rings (SSSR count). The molecule has 0 aliphatic heterocycles. The van der Waals surface area contributed by atoms with Gasteiger partial charge in [-0.25, -0.2) is 4.99 Å². The fourth-order valence-electron chi connectivity index (χ4n) is 1.76. The molecule has 3 N–H and O–H groups in total. The summed E-state index contributed by atoms with van der Waals surface area (Å²) >= 11 is 0. The molecule has 0 saturated heterocycles. The summed E-state index contributed by atoms with van der Waals surface area (Å²) in [5.41, 5.74) is 8.30. The molecule has 16 heavy (non-hydrogen) atoms. The van der Waals surface area contributed by atoms with Crippen molar-refractivity contribution in [2.45, 2.75) is 39.0 Å². The second-order valence-corrected chi connectivity index (χ2v) is 4.44. The molecule has 0 heterocycles. The second kappa shape index (κ2) is 7.09. The Balaban J connectivity index is 2.16. The van der Waals surface area contributed by atoms with Crippen molar-refractivity contribution < 1.29 is 0 Å². The topological polar surface area (TPSA) is 50.4 Å². The maximum Gasteiger partial charge on any atom is 0.188 e. The van der Waals surface area contributed by atoms with E-state index in [1.807, 2.05) is 6.92 Å². The van der Waals surface area contributed by atoms with Gasteiger partial charge in [-0.3, -0.25) is 0 Å². The van der Waals surface area contributed by atoms with Crippen LogP contribution in [0.25, 0.3) is 0 Å². The van der Waals surface area contributed by atoms with E-state index >= 15 is 0 Å². The Labute approximate surface area is 98.5 Å². The molecule has 0 bridgehead atoms. The minimum atomic E-state index is 0.527. The van der Waals surface area contributed by atoms with E-state index in [9.17, 15) is 0 Å². The van der Waals surface area contributed by atoms with Gasteiger partial charge in [0.15, 0.2) is 5.96 Å². The average molecular weight is 221 g/mol. The molecule has 1 aliphatic rings. The highest BCUT2D eigenvalue weighted by Crippen LogP contribution is 2.19. The Bertz CT molecular complexity index is 290. The Morgan fingerprint density at radius 1 is 1.56 bits per heavy atom. The minimum absolute atomic E-state index is 0.527. The number of hydrogen-bond donors (Lipinski definition) is 2. The molecule has 0 atom stereocenters. The molecule has 0 fully saturated rings. The second-order valence-electron chi connectivity index (χ2n) is 4.44. The van der Waals surface area contributed by atoms with Crippen LogP contribution in [0.3, 0.4) is 0 Å². The molecule has 0 spiro atoms. The van der Waals surface area contributed by atoms with E-state index in [0.717, 1.165) is 18.5 Å². The lowest BCUT2D eigenvalue weighted by Crippen LogP contribution is -2.32. The van der Waals surface area contributed by atoms with Crippen LogP contribution in [0, 0.1) is 0 Å². The van der Waals surface area contributed by atoms with E-state index < -0.39 is 0 Å². The van der Waals surface area contributed by atoms with Crippen molar-refractivity contribution in [2.24, 2.45) is 10.7 Å². The van der Waals surface area contributed by atoms with Crippen molar-refractivity contribution in [2.75, 3.05) is 13.1 Å². The van der Waals surface area contributed by atoms with E-state index in [0.29, 0.717) is 12.5 Å². The highest BCUT2D eigenvalue weighted by Gasteiger charge is 2.02. The molecule has 0 radical (unpaired) electrons. The normalized spacial score (nSPS) is 16.8. The van der Waals surface area contributed by atoms with Crippen LogP contribution in [-0.2, 0) is 0 Å². The van der Waals surface area contributed by atoms with E-state index in [2.05, 4.69) is 23.0 Å². The molecule has 1 aliphatic carbocycles. The number of hydrogen-bond acceptors (Lipinski definition) is 1. The number of rotatable bonds is 5. The smallest absolute Gasteiger partial charge is 0.188 e. The number of nitrogens with one attached hydrogen (secondary N) is 1. The van der Waals surface area contributed by atoms with Gasteiger partial charge in [0.1, 0.15) is 0 Å². The van der Waals surface area contributed by atoms with Gasteiger partial charge < -0.3 is 11.1 Å². The summed E-state index contributed by atoms with van der Waals surface area (Å²) in [5.74, 6) is 0.527. The molecule has 0 aromatic carbocycles. The van der Waals surface area contributed by atoms with Crippen molar-refractivity contribution in [3.05, 3.63) is 23.8 Å². The Kier molecular flexibility index (Phi) is 5.68. The first-order valence-electron chi connectivity index (χ1n) is 6.04. The van der Waals surface area contributed by atoms with Crippen LogP contribution < -0.4 is 11.1 Å². The quantitative estimate of drug-likeness (QED) is 0.425. The van der Waals surface area contributed by atoms with Crippen LogP contribution in [0.15, 0.2) is 28.8 Å². The van der Waals surface area contributed by atoms with Gasteiger partial charge >= 0.3 is 0 Å². The van der Waals surface area contributed by atoms with Crippen LogP contribution in [-0.4, -0.2) is 19.0 Å². The van der Waals surface area contributed by atoms with Crippen LogP contribution in [0.4, 0.5) is 0 Å². The van der Waals surface area contributed by atoms with Crippen LogP contribution in [0.1, 0.15) is 39.0 Å². The zero-order valence-corrected chi connectivity index (χ0v) is 10.3. The molecular formula is C13H23N3. The third-order valence-corrected chi connectivity index (χ3v) is 2.66. The van der Waals surface area contributed by atoms with Gasteiger partial charge in [0.05, 0.1) is 6.54 Å². The highest BCUT2D eigenvalue weighted by atomic mass is 15.1. The first-order chi connectivity index (χ1) is 7.68. The van der Waals surface area contributed by atoms with Gasteiger partial charge in [-0.2, -0.15) is 0 Å². The predicted octanol–water partition coefficient (Wildman–Crippen LogP) is 2.36. The van der Waals surface area contributed by atoms with Gasteiger partial charge in [0.2, 0.25) is 0 Å². The Morgan fingerprint density at radius 2 is 2.38 bits per heavy atom. The molecule has 0 saturated carbocycles. The first kappa shape index (κ1) is 12.8. The van der Waals surface area contributed by atoms with E-state index in [1.165, 1.54) is 25.7 Å². The van der Waals surface area contributed by atoms with Gasteiger partial charge in [-0.05, 0) is 39.0 Å². The third kappa shape index (κ3) is 5.59. The van der Waals surface area contributed by atoms with Crippen LogP contribution in [0.2, 0.25) is 0 Å².